The van der Waals surface area contributed by atoms with Crippen molar-refractivity contribution < 1.29 is 21.1 Å². The van der Waals surface area contributed by atoms with Crippen LogP contribution < -0.4 is 0 Å². The van der Waals surface area contributed by atoms with Crippen molar-refractivity contribution >= 4 is 0 Å². The summed E-state index contributed by atoms with van der Waals surface area (Å²) < 4.78 is 0. The van der Waals surface area contributed by atoms with Crippen LogP contribution in [0, 0.1) is 0 Å². The van der Waals surface area contributed by atoms with Crippen molar-refractivity contribution in [1.29, 1.82) is 0 Å². The first-order valence-electron chi connectivity index (χ1n) is 3.63. The maximum atomic E-state index is 4.03. The summed E-state index contributed by atoms with van der Waals surface area (Å²) in [6.45, 7) is 8.74. The zero-order valence-corrected chi connectivity index (χ0v) is 10.1. The Morgan fingerprint density at radius 1 is 1.20 bits per heavy atom. The average Bonchev–Trinajstić information content (AvgIpc) is 1.91. The molecule has 0 aromatic carbocycles. The van der Waals surface area contributed by atoms with Gasteiger partial charge in [0.05, 0.1) is 0 Å². The van der Waals surface area contributed by atoms with Crippen LogP contribution in [0.5, 0.6) is 0 Å². The van der Waals surface area contributed by atoms with Gasteiger partial charge in [-0.15, -0.1) is 6.54 Å². The molecule has 0 aliphatic heterocycles. The Balaban J connectivity index is 0. The van der Waals surface area contributed by atoms with Gasteiger partial charge in [-0.2, -0.15) is 7.05 Å². The number of rotatable bonds is 5. The molecule has 62 valence electrons. The van der Waals surface area contributed by atoms with E-state index in [2.05, 4.69) is 24.1 Å². The van der Waals surface area contributed by atoms with Crippen molar-refractivity contribution in [3.8, 4) is 0 Å². The van der Waals surface area contributed by atoms with E-state index in [1.807, 2.05) is 7.05 Å². The van der Waals surface area contributed by atoms with E-state index in [1.54, 1.807) is 0 Å². The largest absolute Gasteiger partial charge is 0.664 e. The van der Waals surface area contributed by atoms with Gasteiger partial charge in [-0.3, -0.25) is 0 Å². The molecule has 0 aliphatic carbocycles. The Morgan fingerprint density at radius 2 is 1.70 bits per heavy atom. The number of hydrogen-bond donors (Lipinski definition) is 0. The minimum atomic E-state index is 0. The van der Waals surface area contributed by atoms with E-state index in [9.17, 15) is 0 Å². The normalized spacial score (nSPS) is 9.60. The summed E-state index contributed by atoms with van der Waals surface area (Å²) in [6, 6.07) is 0. The van der Waals surface area contributed by atoms with Crippen LogP contribution in [-0.2, 0) is 21.1 Å². The molecule has 0 atom stereocenters. The third-order valence-electron chi connectivity index (χ3n) is 1.53. The van der Waals surface area contributed by atoms with Crippen molar-refractivity contribution in [2.75, 3.05) is 33.2 Å². The van der Waals surface area contributed by atoms with Crippen LogP contribution in [0.3, 0.4) is 0 Å². The van der Waals surface area contributed by atoms with Crippen molar-refractivity contribution in [2.24, 2.45) is 0 Å². The summed E-state index contributed by atoms with van der Waals surface area (Å²) in [4.78, 5) is 2.37. The Labute approximate surface area is 78.6 Å². The van der Waals surface area contributed by atoms with E-state index < -0.39 is 0 Å². The molecule has 0 saturated heterocycles. The van der Waals surface area contributed by atoms with Gasteiger partial charge in [0.1, 0.15) is 0 Å². The molecule has 0 rings (SSSR count). The van der Waals surface area contributed by atoms with E-state index in [4.69, 9.17) is 0 Å². The molecule has 0 aromatic heterocycles. The van der Waals surface area contributed by atoms with E-state index >= 15 is 0 Å². The Bertz CT molecular complexity index is 55.6. The Kier molecular flexibility index (Phi) is 12.7. The molecule has 0 amide bonds. The molecular weight excluding hydrogens is 296 g/mol. The van der Waals surface area contributed by atoms with Gasteiger partial charge in [-0.25, -0.2) is 0 Å². The second kappa shape index (κ2) is 9.61. The van der Waals surface area contributed by atoms with Gasteiger partial charge in [0.2, 0.25) is 0 Å². The molecule has 0 saturated carbocycles. The summed E-state index contributed by atoms with van der Waals surface area (Å²) in [5.74, 6) is 0. The third kappa shape index (κ3) is 6.72. The molecule has 0 fully saturated rings. The molecule has 0 unspecified atom stereocenters. The maximum absolute atomic E-state index is 4.03. The minimum Gasteiger partial charge on any atom is -0.664 e. The molecule has 0 N–H and O–H groups in total. The topological polar surface area (TPSA) is 17.3 Å². The molecule has 10 heavy (non-hydrogen) atoms. The molecule has 0 aromatic rings. The van der Waals surface area contributed by atoms with Crippen LogP contribution in [0.15, 0.2) is 0 Å². The molecule has 0 bridgehead atoms. The van der Waals surface area contributed by atoms with E-state index in [1.165, 1.54) is 0 Å². The molecule has 2 nitrogen and oxygen atoms in total. The predicted molar refractivity (Wildman–Crippen MR) is 41.9 cm³/mol. The summed E-state index contributed by atoms with van der Waals surface area (Å²) >= 11 is 0. The van der Waals surface area contributed by atoms with Gasteiger partial charge in [0, 0.05) is 21.1 Å². The summed E-state index contributed by atoms with van der Waals surface area (Å²) in [6.07, 6.45) is 0. The smallest absolute Gasteiger partial charge is 0 e. The SMILES string of the molecule is CCN(CC)CC[N-]C.[W]. The van der Waals surface area contributed by atoms with E-state index in [0.717, 1.165) is 26.2 Å². The first-order chi connectivity index (χ1) is 4.35. The number of likely N-dealkylation sites (N-methyl/N-ethyl adjacent to an activating group) is 2. The maximum Gasteiger partial charge on any atom is 0 e. The zero-order chi connectivity index (χ0) is 7.11. The van der Waals surface area contributed by atoms with Crippen molar-refractivity contribution in [3.05, 3.63) is 5.32 Å². The first-order valence-corrected chi connectivity index (χ1v) is 3.63. The second-order valence-electron chi connectivity index (χ2n) is 2.07. The van der Waals surface area contributed by atoms with Crippen molar-refractivity contribution in [1.82, 2.24) is 4.90 Å². The predicted octanol–water partition coefficient (Wildman–Crippen LogP) is 1.33. The fourth-order valence-corrected chi connectivity index (χ4v) is 0.781. The molecular formula is C7H17N2W-. The van der Waals surface area contributed by atoms with E-state index in [-0.39, 0.29) is 21.1 Å². The fourth-order valence-electron chi connectivity index (χ4n) is 0.781. The van der Waals surface area contributed by atoms with Crippen LogP contribution in [-0.4, -0.2) is 38.1 Å². The van der Waals surface area contributed by atoms with Gasteiger partial charge >= 0.3 is 0 Å². The standard InChI is InChI=1S/C7H17N2.W/c1-4-9(5-2)7-6-8-3;/h4-7H2,1-3H3;/q-1;. The van der Waals surface area contributed by atoms with Crippen LogP contribution in [0.2, 0.25) is 0 Å². The molecule has 0 radical (unpaired) electrons. The van der Waals surface area contributed by atoms with Crippen LogP contribution >= 0.6 is 0 Å². The van der Waals surface area contributed by atoms with Crippen LogP contribution in [0.25, 0.3) is 5.32 Å². The molecule has 0 aliphatic rings. The fraction of sp³-hybridized carbons (Fsp3) is 1.00. The second-order valence-corrected chi connectivity index (χ2v) is 2.07. The van der Waals surface area contributed by atoms with Crippen LogP contribution in [0.4, 0.5) is 0 Å². The number of nitrogens with zero attached hydrogens (tertiary/aromatic N) is 2. The Morgan fingerprint density at radius 3 is 2.00 bits per heavy atom. The van der Waals surface area contributed by atoms with Crippen molar-refractivity contribution in [3.63, 3.8) is 0 Å². The monoisotopic (exact) mass is 313 g/mol. The average molecular weight is 313 g/mol. The van der Waals surface area contributed by atoms with Gasteiger partial charge in [0.15, 0.2) is 0 Å². The summed E-state index contributed by atoms with van der Waals surface area (Å²) in [5, 5.41) is 4.03. The molecule has 0 heterocycles. The summed E-state index contributed by atoms with van der Waals surface area (Å²) in [5.41, 5.74) is 0. The number of hydrogen-bond acceptors (Lipinski definition) is 1. The Hall–Kier alpha value is 0.608. The van der Waals surface area contributed by atoms with Gasteiger partial charge in [0.25, 0.3) is 0 Å². The minimum absolute atomic E-state index is 0. The zero-order valence-electron chi connectivity index (χ0n) is 7.13. The van der Waals surface area contributed by atoms with Gasteiger partial charge in [-0.05, 0) is 19.6 Å². The molecule has 0 spiro atoms. The van der Waals surface area contributed by atoms with Gasteiger partial charge < -0.3 is 10.2 Å². The quantitative estimate of drug-likeness (QED) is 0.748. The summed E-state index contributed by atoms with van der Waals surface area (Å²) in [7, 11) is 1.86. The van der Waals surface area contributed by atoms with Gasteiger partial charge in [-0.1, -0.05) is 13.8 Å². The molecule has 3 heteroatoms. The first kappa shape index (κ1) is 13.2. The third-order valence-corrected chi connectivity index (χ3v) is 1.53. The van der Waals surface area contributed by atoms with Crippen LogP contribution in [0.1, 0.15) is 13.8 Å². The van der Waals surface area contributed by atoms with E-state index in [0.29, 0.717) is 0 Å². The van der Waals surface area contributed by atoms with Crippen molar-refractivity contribution in [2.45, 2.75) is 13.8 Å².